The molecule has 11 heavy (non-hydrogen) atoms. The third kappa shape index (κ3) is 2.15. The van der Waals surface area contributed by atoms with E-state index in [1.54, 1.807) is 12.4 Å². The van der Waals surface area contributed by atoms with Gasteiger partial charge in [-0.1, -0.05) is 25.4 Å². The molecule has 1 unspecified atom stereocenters. The van der Waals surface area contributed by atoms with E-state index < -0.39 is 0 Å². The monoisotopic (exact) mass is 170 g/mol. The fourth-order valence-corrected chi connectivity index (χ4v) is 0.957. The molecule has 1 rings (SSSR count). The van der Waals surface area contributed by atoms with Gasteiger partial charge in [-0.05, 0) is 12.3 Å². The van der Waals surface area contributed by atoms with Crippen LogP contribution in [0.3, 0.4) is 0 Å². The first kappa shape index (κ1) is 8.47. The van der Waals surface area contributed by atoms with Crippen LogP contribution in [0.15, 0.2) is 12.4 Å². The predicted octanol–water partition coefficient (Wildman–Crippen LogP) is 2.64. The lowest BCUT2D eigenvalue weighted by Gasteiger charge is -2.05. The van der Waals surface area contributed by atoms with Crippen LogP contribution in [0.1, 0.15) is 31.9 Å². The second-order valence-corrected chi connectivity index (χ2v) is 2.96. The van der Waals surface area contributed by atoms with Crippen LogP contribution in [0.2, 0.25) is 5.15 Å². The van der Waals surface area contributed by atoms with Gasteiger partial charge in [-0.3, -0.25) is 4.98 Å². The van der Waals surface area contributed by atoms with Crippen molar-refractivity contribution in [3.05, 3.63) is 23.2 Å². The zero-order valence-corrected chi connectivity index (χ0v) is 7.47. The molecule has 1 heterocycles. The van der Waals surface area contributed by atoms with Crippen molar-refractivity contribution in [3.8, 4) is 0 Å². The SMILES string of the molecule is CCC(C)c1cncc(Cl)n1. The third-order valence-electron chi connectivity index (χ3n) is 1.74. The van der Waals surface area contributed by atoms with Crippen LogP contribution < -0.4 is 0 Å². The standard InChI is InChI=1S/C8H11ClN2/c1-3-6(2)7-4-10-5-8(9)11-7/h4-6H,3H2,1-2H3. The molecule has 1 aromatic heterocycles. The van der Waals surface area contributed by atoms with Crippen molar-refractivity contribution in [1.29, 1.82) is 0 Å². The van der Waals surface area contributed by atoms with Crippen LogP contribution in [0.25, 0.3) is 0 Å². The Balaban J connectivity index is 2.86. The van der Waals surface area contributed by atoms with Crippen molar-refractivity contribution < 1.29 is 0 Å². The highest BCUT2D eigenvalue weighted by molar-refractivity contribution is 6.29. The van der Waals surface area contributed by atoms with Gasteiger partial charge in [0, 0.05) is 6.20 Å². The van der Waals surface area contributed by atoms with Crippen molar-refractivity contribution in [2.75, 3.05) is 0 Å². The number of halogens is 1. The van der Waals surface area contributed by atoms with Crippen molar-refractivity contribution in [3.63, 3.8) is 0 Å². The highest BCUT2D eigenvalue weighted by Gasteiger charge is 2.04. The molecule has 0 saturated heterocycles. The summed E-state index contributed by atoms with van der Waals surface area (Å²) in [6.45, 7) is 4.23. The Morgan fingerprint density at radius 2 is 2.27 bits per heavy atom. The molecule has 1 atom stereocenters. The summed E-state index contributed by atoms with van der Waals surface area (Å²) in [6.07, 6.45) is 4.38. The molecule has 2 nitrogen and oxygen atoms in total. The van der Waals surface area contributed by atoms with Gasteiger partial charge in [0.15, 0.2) is 0 Å². The van der Waals surface area contributed by atoms with E-state index >= 15 is 0 Å². The zero-order valence-electron chi connectivity index (χ0n) is 6.71. The maximum absolute atomic E-state index is 5.67. The Hall–Kier alpha value is -0.630. The van der Waals surface area contributed by atoms with Crippen LogP contribution in [0.5, 0.6) is 0 Å². The second kappa shape index (κ2) is 3.67. The van der Waals surface area contributed by atoms with Gasteiger partial charge in [0.25, 0.3) is 0 Å². The van der Waals surface area contributed by atoms with E-state index in [2.05, 4.69) is 23.8 Å². The topological polar surface area (TPSA) is 25.8 Å². The normalized spacial score (nSPS) is 13.0. The first-order valence-corrected chi connectivity index (χ1v) is 4.09. The quantitative estimate of drug-likeness (QED) is 0.682. The van der Waals surface area contributed by atoms with Gasteiger partial charge in [-0.2, -0.15) is 0 Å². The van der Waals surface area contributed by atoms with E-state index in [4.69, 9.17) is 11.6 Å². The lowest BCUT2D eigenvalue weighted by Crippen LogP contribution is -1.96. The maximum atomic E-state index is 5.67. The Bertz CT molecular complexity index is 237. The van der Waals surface area contributed by atoms with Crippen LogP contribution in [0, 0.1) is 0 Å². The minimum Gasteiger partial charge on any atom is -0.260 e. The molecular formula is C8H11ClN2. The van der Waals surface area contributed by atoms with E-state index in [0.717, 1.165) is 12.1 Å². The molecule has 0 radical (unpaired) electrons. The van der Waals surface area contributed by atoms with E-state index in [1.165, 1.54) is 0 Å². The minimum absolute atomic E-state index is 0.446. The first-order valence-electron chi connectivity index (χ1n) is 3.71. The smallest absolute Gasteiger partial charge is 0.147 e. The van der Waals surface area contributed by atoms with E-state index in [9.17, 15) is 0 Å². The van der Waals surface area contributed by atoms with Crippen molar-refractivity contribution in [1.82, 2.24) is 9.97 Å². The summed E-state index contributed by atoms with van der Waals surface area (Å²) >= 11 is 5.67. The molecular weight excluding hydrogens is 160 g/mol. The highest BCUT2D eigenvalue weighted by Crippen LogP contribution is 2.16. The summed E-state index contributed by atoms with van der Waals surface area (Å²) in [5.74, 6) is 0.446. The van der Waals surface area contributed by atoms with E-state index in [-0.39, 0.29) is 0 Å². The lowest BCUT2D eigenvalue weighted by atomic mass is 10.1. The first-order chi connectivity index (χ1) is 5.24. The van der Waals surface area contributed by atoms with Crippen LogP contribution >= 0.6 is 11.6 Å². The average molecular weight is 171 g/mol. The molecule has 0 aliphatic carbocycles. The fourth-order valence-electron chi connectivity index (χ4n) is 0.803. The molecule has 0 bridgehead atoms. The molecule has 1 aromatic rings. The summed E-state index contributed by atoms with van der Waals surface area (Å²) in [6, 6.07) is 0. The number of nitrogens with zero attached hydrogens (tertiary/aromatic N) is 2. The average Bonchev–Trinajstić information content (AvgIpc) is 2.03. The molecule has 0 N–H and O–H groups in total. The van der Waals surface area contributed by atoms with Gasteiger partial charge in [-0.15, -0.1) is 0 Å². The van der Waals surface area contributed by atoms with Crippen molar-refractivity contribution in [2.24, 2.45) is 0 Å². The van der Waals surface area contributed by atoms with Gasteiger partial charge in [0.05, 0.1) is 11.9 Å². The van der Waals surface area contributed by atoms with Crippen LogP contribution in [-0.2, 0) is 0 Å². The number of rotatable bonds is 2. The van der Waals surface area contributed by atoms with Crippen LogP contribution in [0.4, 0.5) is 0 Å². The molecule has 3 heteroatoms. The molecule has 60 valence electrons. The molecule has 0 aliphatic rings. The fraction of sp³-hybridized carbons (Fsp3) is 0.500. The molecule has 0 saturated carbocycles. The summed E-state index contributed by atoms with van der Waals surface area (Å²) in [4.78, 5) is 8.11. The highest BCUT2D eigenvalue weighted by atomic mass is 35.5. The van der Waals surface area contributed by atoms with Crippen molar-refractivity contribution in [2.45, 2.75) is 26.2 Å². The van der Waals surface area contributed by atoms with Gasteiger partial charge in [0.1, 0.15) is 5.15 Å². The molecule has 0 aliphatic heterocycles. The van der Waals surface area contributed by atoms with Gasteiger partial charge in [-0.25, -0.2) is 4.98 Å². The van der Waals surface area contributed by atoms with Crippen LogP contribution in [-0.4, -0.2) is 9.97 Å². The van der Waals surface area contributed by atoms with Crippen molar-refractivity contribution >= 4 is 11.6 Å². The Morgan fingerprint density at radius 3 is 2.82 bits per heavy atom. The number of hydrogen-bond donors (Lipinski definition) is 0. The molecule has 0 aromatic carbocycles. The summed E-state index contributed by atoms with van der Waals surface area (Å²) < 4.78 is 0. The zero-order chi connectivity index (χ0) is 8.27. The minimum atomic E-state index is 0.446. The Morgan fingerprint density at radius 1 is 1.55 bits per heavy atom. The van der Waals surface area contributed by atoms with E-state index in [0.29, 0.717) is 11.1 Å². The number of hydrogen-bond acceptors (Lipinski definition) is 2. The summed E-state index contributed by atoms with van der Waals surface area (Å²) in [5, 5.41) is 0.475. The summed E-state index contributed by atoms with van der Waals surface area (Å²) in [7, 11) is 0. The Labute approximate surface area is 71.6 Å². The van der Waals surface area contributed by atoms with Gasteiger partial charge < -0.3 is 0 Å². The van der Waals surface area contributed by atoms with E-state index in [1.807, 2.05) is 0 Å². The number of aromatic nitrogens is 2. The summed E-state index contributed by atoms with van der Waals surface area (Å²) in [5.41, 5.74) is 0.972. The van der Waals surface area contributed by atoms with Gasteiger partial charge in [0.2, 0.25) is 0 Å². The molecule has 0 amide bonds. The third-order valence-corrected chi connectivity index (χ3v) is 1.92. The molecule has 0 spiro atoms. The Kier molecular flexibility index (Phi) is 2.83. The largest absolute Gasteiger partial charge is 0.260 e. The van der Waals surface area contributed by atoms with Gasteiger partial charge >= 0.3 is 0 Å². The molecule has 0 fully saturated rings. The maximum Gasteiger partial charge on any atom is 0.147 e. The predicted molar refractivity (Wildman–Crippen MR) is 45.7 cm³/mol. The lowest BCUT2D eigenvalue weighted by molar-refractivity contribution is 0.703. The second-order valence-electron chi connectivity index (χ2n) is 2.58.